The highest BCUT2D eigenvalue weighted by atomic mass is 32.2. The van der Waals surface area contributed by atoms with Crippen LogP contribution in [0.2, 0.25) is 0 Å². The van der Waals surface area contributed by atoms with Gasteiger partial charge in [0.25, 0.3) is 0 Å². The van der Waals surface area contributed by atoms with Crippen molar-refractivity contribution in [3.8, 4) is 6.07 Å². The van der Waals surface area contributed by atoms with Crippen LogP contribution in [-0.2, 0) is 11.2 Å². The lowest BCUT2D eigenvalue weighted by Gasteiger charge is -2.22. The van der Waals surface area contributed by atoms with Crippen molar-refractivity contribution >= 4 is 34.3 Å². The number of thioether (sulfide) groups is 1. The lowest BCUT2D eigenvalue weighted by atomic mass is 10.1. The number of para-hydroxylation sites is 1. The van der Waals surface area contributed by atoms with E-state index in [1.807, 2.05) is 49.1 Å². The van der Waals surface area contributed by atoms with Crippen LogP contribution in [0.4, 0.5) is 5.69 Å². The number of nitrogens with zero attached hydrogens (tertiary/aromatic N) is 3. The van der Waals surface area contributed by atoms with E-state index in [2.05, 4.69) is 25.1 Å². The van der Waals surface area contributed by atoms with Crippen molar-refractivity contribution in [2.24, 2.45) is 0 Å². The zero-order valence-electron chi connectivity index (χ0n) is 16.2. The number of anilines is 1. The summed E-state index contributed by atoms with van der Waals surface area (Å²) in [6.45, 7) is 6.13. The third kappa shape index (κ3) is 3.25. The number of fused-ring (bicyclic) bond motifs is 2. The number of carbonyl (C=O) groups is 1. The Morgan fingerprint density at radius 3 is 2.86 bits per heavy atom. The van der Waals surface area contributed by atoms with Crippen LogP contribution in [0.3, 0.4) is 0 Å². The first-order valence-corrected chi connectivity index (χ1v) is 10.3. The first-order valence-electron chi connectivity index (χ1n) is 9.33. The molecule has 0 spiro atoms. The highest BCUT2D eigenvalue weighted by Gasteiger charge is 2.30. The molecule has 0 saturated heterocycles. The van der Waals surface area contributed by atoms with Crippen LogP contribution < -0.4 is 4.90 Å². The topological polar surface area (TPSA) is 57.0 Å². The summed E-state index contributed by atoms with van der Waals surface area (Å²) in [5, 5.41) is 11.2. The summed E-state index contributed by atoms with van der Waals surface area (Å²) in [6, 6.07) is 16.4. The molecule has 2 aromatic carbocycles. The Morgan fingerprint density at radius 1 is 1.29 bits per heavy atom. The van der Waals surface area contributed by atoms with Crippen molar-refractivity contribution in [1.29, 1.82) is 5.26 Å². The molecule has 0 N–H and O–H groups in total. The molecule has 0 aliphatic carbocycles. The van der Waals surface area contributed by atoms with Gasteiger partial charge in [-0.05, 0) is 56.5 Å². The maximum Gasteiger partial charge on any atom is 0.237 e. The molecule has 1 atom stereocenters. The lowest BCUT2D eigenvalue weighted by molar-refractivity contribution is -0.116. The minimum Gasteiger partial charge on any atom is -0.308 e. The molecule has 0 bridgehead atoms. The second-order valence-electron chi connectivity index (χ2n) is 7.34. The van der Waals surface area contributed by atoms with Gasteiger partial charge in [-0.1, -0.05) is 41.6 Å². The van der Waals surface area contributed by atoms with E-state index in [-0.39, 0.29) is 17.7 Å². The Morgan fingerprint density at radius 2 is 2.07 bits per heavy atom. The molecule has 5 heteroatoms. The fourth-order valence-electron chi connectivity index (χ4n) is 3.97. The molecule has 3 aromatic rings. The molecule has 1 aliphatic rings. The molecule has 0 radical (unpaired) electrons. The number of amides is 1. The van der Waals surface area contributed by atoms with Crippen LogP contribution in [0.15, 0.2) is 47.5 Å². The SMILES string of the molecule is Cc1cc(C)c2nc(SCC(=O)N3c4ccccc4CC3C)c(C#N)cc2c1. The number of nitriles is 1. The summed E-state index contributed by atoms with van der Waals surface area (Å²) < 4.78 is 0. The zero-order chi connectivity index (χ0) is 19.8. The molecule has 2 heterocycles. The minimum absolute atomic E-state index is 0.0499. The first-order chi connectivity index (χ1) is 13.5. The maximum atomic E-state index is 13.0. The van der Waals surface area contributed by atoms with Crippen molar-refractivity contribution in [3.63, 3.8) is 0 Å². The van der Waals surface area contributed by atoms with Gasteiger partial charge in [0.1, 0.15) is 11.1 Å². The normalized spacial score (nSPS) is 15.5. The van der Waals surface area contributed by atoms with Gasteiger partial charge in [-0.3, -0.25) is 4.79 Å². The van der Waals surface area contributed by atoms with Crippen molar-refractivity contribution in [3.05, 3.63) is 64.7 Å². The second kappa shape index (κ2) is 7.29. The number of benzene rings is 2. The van der Waals surface area contributed by atoms with Gasteiger partial charge >= 0.3 is 0 Å². The van der Waals surface area contributed by atoms with E-state index in [0.717, 1.165) is 34.1 Å². The number of aryl methyl sites for hydroxylation is 2. The Hall–Kier alpha value is -2.84. The molecule has 4 nitrogen and oxygen atoms in total. The van der Waals surface area contributed by atoms with Crippen LogP contribution in [0.25, 0.3) is 10.9 Å². The van der Waals surface area contributed by atoms with E-state index >= 15 is 0 Å². The highest BCUT2D eigenvalue weighted by Crippen LogP contribution is 2.33. The third-order valence-electron chi connectivity index (χ3n) is 5.15. The number of hydrogen-bond donors (Lipinski definition) is 0. The van der Waals surface area contributed by atoms with Crippen LogP contribution in [0, 0.1) is 25.2 Å². The summed E-state index contributed by atoms with van der Waals surface area (Å²) in [6.07, 6.45) is 0.878. The average Bonchev–Trinajstić information content (AvgIpc) is 3.01. The summed E-state index contributed by atoms with van der Waals surface area (Å²) in [4.78, 5) is 19.6. The summed E-state index contributed by atoms with van der Waals surface area (Å²) in [7, 11) is 0. The standard InChI is InChI=1S/C23H21N3OS/c1-14-8-15(2)22-18(9-14)11-19(12-24)23(25-22)28-13-21(27)26-16(3)10-17-6-4-5-7-20(17)26/h4-9,11,16H,10,13H2,1-3H3. The predicted molar refractivity (Wildman–Crippen MR) is 114 cm³/mol. The number of aromatic nitrogens is 1. The monoisotopic (exact) mass is 387 g/mol. The predicted octanol–water partition coefficient (Wildman–Crippen LogP) is 4.79. The molecule has 28 heavy (non-hydrogen) atoms. The molecule has 1 aromatic heterocycles. The molecular weight excluding hydrogens is 366 g/mol. The van der Waals surface area contributed by atoms with Gasteiger partial charge in [-0.15, -0.1) is 0 Å². The van der Waals surface area contributed by atoms with Gasteiger partial charge in [0.15, 0.2) is 0 Å². The molecular formula is C23H21N3OS. The van der Waals surface area contributed by atoms with E-state index in [4.69, 9.17) is 4.98 Å². The Labute approximate surface area is 169 Å². The van der Waals surface area contributed by atoms with E-state index in [0.29, 0.717) is 10.6 Å². The van der Waals surface area contributed by atoms with Crippen LogP contribution in [0.5, 0.6) is 0 Å². The first kappa shape index (κ1) is 18.5. The van der Waals surface area contributed by atoms with Crippen molar-refractivity contribution < 1.29 is 4.79 Å². The quantitative estimate of drug-likeness (QED) is 0.606. The molecule has 1 amide bonds. The van der Waals surface area contributed by atoms with E-state index in [1.165, 1.54) is 17.3 Å². The minimum atomic E-state index is 0.0499. The summed E-state index contributed by atoms with van der Waals surface area (Å²) in [5.41, 5.74) is 5.84. The van der Waals surface area contributed by atoms with Gasteiger partial charge in [0.05, 0.1) is 16.8 Å². The van der Waals surface area contributed by atoms with Gasteiger partial charge < -0.3 is 4.90 Å². The van der Waals surface area contributed by atoms with E-state index in [1.54, 1.807) is 0 Å². The van der Waals surface area contributed by atoms with Gasteiger partial charge in [0, 0.05) is 17.1 Å². The molecule has 0 fully saturated rings. The summed E-state index contributed by atoms with van der Waals surface area (Å²) in [5.74, 6) is 0.311. The summed E-state index contributed by atoms with van der Waals surface area (Å²) >= 11 is 1.35. The molecule has 4 rings (SSSR count). The Bertz CT molecular complexity index is 1130. The Balaban J connectivity index is 1.61. The average molecular weight is 388 g/mol. The fourth-order valence-corrected chi connectivity index (χ4v) is 4.79. The van der Waals surface area contributed by atoms with Crippen LogP contribution in [0.1, 0.15) is 29.2 Å². The van der Waals surface area contributed by atoms with Gasteiger partial charge in [-0.25, -0.2) is 4.98 Å². The van der Waals surface area contributed by atoms with Gasteiger partial charge in [0.2, 0.25) is 5.91 Å². The number of pyridine rings is 1. The zero-order valence-corrected chi connectivity index (χ0v) is 17.0. The van der Waals surface area contributed by atoms with Crippen LogP contribution in [-0.4, -0.2) is 22.7 Å². The molecule has 0 saturated carbocycles. The van der Waals surface area contributed by atoms with E-state index < -0.39 is 0 Å². The third-order valence-corrected chi connectivity index (χ3v) is 6.12. The largest absolute Gasteiger partial charge is 0.308 e. The maximum absolute atomic E-state index is 13.0. The molecule has 1 aliphatic heterocycles. The molecule has 1 unspecified atom stereocenters. The number of hydrogen-bond acceptors (Lipinski definition) is 4. The number of rotatable bonds is 3. The smallest absolute Gasteiger partial charge is 0.237 e. The van der Waals surface area contributed by atoms with Gasteiger partial charge in [-0.2, -0.15) is 5.26 Å². The number of carbonyl (C=O) groups excluding carboxylic acids is 1. The second-order valence-corrected chi connectivity index (χ2v) is 8.30. The van der Waals surface area contributed by atoms with Crippen molar-refractivity contribution in [2.45, 2.75) is 38.3 Å². The van der Waals surface area contributed by atoms with Crippen molar-refractivity contribution in [2.75, 3.05) is 10.7 Å². The van der Waals surface area contributed by atoms with Crippen LogP contribution >= 0.6 is 11.8 Å². The molecule has 140 valence electrons. The highest BCUT2D eigenvalue weighted by molar-refractivity contribution is 8.00. The van der Waals surface area contributed by atoms with Crippen molar-refractivity contribution in [1.82, 2.24) is 4.98 Å². The Kier molecular flexibility index (Phi) is 4.82. The fraction of sp³-hybridized carbons (Fsp3) is 0.261. The lowest BCUT2D eigenvalue weighted by Crippen LogP contribution is -2.37. The van der Waals surface area contributed by atoms with E-state index in [9.17, 15) is 10.1 Å².